The van der Waals surface area contributed by atoms with E-state index in [2.05, 4.69) is 22.2 Å². The third kappa shape index (κ3) is 3.61. The van der Waals surface area contributed by atoms with Gasteiger partial charge in [0, 0.05) is 18.2 Å². The molecule has 1 heterocycles. The number of aliphatic hydroxyl groups is 1. The lowest BCUT2D eigenvalue weighted by atomic mass is 10.1. The second-order valence-corrected chi connectivity index (χ2v) is 4.16. The number of hydrogen-bond acceptors (Lipinski definition) is 4. The molecule has 1 aromatic rings. The van der Waals surface area contributed by atoms with E-state index in [-0.39, 0.29) is 12.6 Å². The number of hydrogen-bond donors (Lipinski definition) is 2. The van der Waals surface area contributed by atoms with E-state index in [9.17, 15) is 0 Å². The molecule has 0 fully saturated rings. The van der Waals surface area contributed by atoms with Crippen molar-refractivity contribution in [2.75, 3.05) is 11.9 Å². The number of nitrogens with zero attached hydrogens (tertiary/aromatic N) is 2. The van der Waals surface area contributed by atoms with Gasteiger partial charge >= 0.3 is 0 Å². The lowest BCUT2D eigenvalue weighted by Crippen LogP contribution is -2.19. The third-order valence-corrected chi connectivity index (χ3v) is 2.66. The molecule has 0 amide bonds. The molecule has 1 aromatic heterocycles. The summed E-state index contributed by atoms with van der Waals surface area (Å²) in [5.74, 6) is 0.780. The zero-order valence-corrected chi connectivity index (χ0v) is 10.5. The second-order valence-electron chi connectivity index (χ2n) is 3.80. The van der Waals surface area contributed by atoms with Crippen LogP contribution in [0.3, 0.4) is 0 Å². The van der Waals surface area contributed by atoms with Gasteiger partial charge in [-0.1, -0.05) is 24.9 Å². The molecule has 4 nitrogen and oxygen atoms in total. The van der Waals surface area contributed by atoms with Crippen molar-refractivity contribution >= 4 is 17.4 Å². The first-order valence-electron chi connectivity index (χ1n) is 5.55. The van der Waals surface area contributed by atoms with Crippen LogP contribution >= 0.6 is 11.6 Å². The Hall–Kier alpha value is -0.870. The molecule has 1 unspecified atom stereocenters. The van der Waals surface area contributed by atoms with Gasteiger partial charge < -0.3 is 10.4 Å². The highest BCUT2D eigenvalue weighted by Crippen LogP contribution is 2.22. The van der Waals surface area contributed by atoms with Crippen molar-refractivity contribution in [2.45, 2.75) is 39.2 Å². The number of halogens is 1. The molecule has 0 spiro atoms. The summed E-state index contributed by atoms with van der Waals surface area (Å²) >= 11 is 6.03. The minimum Gasteiger partial charge on any atom is -0.396 e. The van der Waals surface area contributed by atoms with Gasteiger partial charge in [-0.3, -0.25) is 0 Å². The molecule has 90 valence electrons. The van der Waals surface area contributed by atoms with E-state index < -0.39 is 0 Å². The van der Waals surface area contributed by atoms with Gasteiger partial charge in [0.05, 0.1) is 0 Å². The summed E-state index contributed by atoms with van der Waals surface area (Å²) in [5, 5.41) is 12.6. The van der Waals surface area contributed by atoms with Crippen LogP contribution in [0.4, 0.5) is 5.82 Å². The van der Waals surface area contributed by atoms with Crippen molar-refractivity contribution in [3.8, 4) is 0 Å². The van der Waals surface area contributed by atoms with E-state index in [1.165, 1.54) is 6.33 Å². The largest absolute Gasteiger partial charge is 0.396 e. The van der Waals surface area contributed by atoms with Gasteiger partial charge in [0.1, 0.15) is 17.3 Å². The quantitative estimate of drug-likeness (QED) is 0.753. The molecule has 0 aromatic carbocycles. The Morgan fingerprint density at radius 3 is 2.88 bits per heavy atom. The molecule has 1 rings (SSSR count). The van der Waals surface area contributed by atoms with Crippen molar-refractivity contribution in [1.82, 2.24) is 9.97 Å². The topological polar surface area (TPSA) is 58.0 Å². The Bertz CT molecular complexity index is 333. The van der Waals surface area contributed by atoms with Gasteiger partial charge in [0.2, 0.25) is 0 Å². The Morgan fingerprint density at radius 1 is 1.50 bits per heavy atom. The minimum atomic E-state index is 0.163. The number of anilines is 1. The van der Waals surface area contributed by atoms with Crippen LogP contribution in [0.1, 0.15) is 32.3 Å². The van der Waals surface area contributed by atoms with E-state index >= 15 is 0 Å². The molecule has 0 saturated heterocycles. The Kier molecular flexibility index (Phi) is 5.49. The first-order chi connectivity index (χ1) is 7.69. The SMILES string of the molecule is CCCc1c(Cl)ncnc1NC(C)CCO. The molecule has 2 N–H and O–H groups in total. The van der Waals surface area contributed by atoms with Gasteiger partial charge in [-0.05, 0) is 19.8 Å². The lowest BCUT2D eigenvalue weighted by molar-refractivity contribution is 0.282. The van der Waals surface area contributed by atoms with Crippen molar-refractivity contribution in [1.29, 1.82) is 0 Å². The van der Waals surface area contributed by atoms with Crippen molar-refractivity contribution in [3.05, 3.63) is 17.0 Å². The van der Waals surface area contributed by atoms with Crippen LogP contribution < -0.4 is 5.32 Å². The van der Waals surface area contributed by atoms with Crippen LogP contribution in [0.25, 0.3) is 0 Å². The van der Waals surface area contributed by atoms with E-state index in [4.69, 9.17) is 16.7 Å². The normalized spacial score (nSPS) is 12.5. The molecule has 16 heavy (non-hydrogen) atoms. The van der Waals surface area contributed by atoms with Crippen LogP contribution in [0.5, 0.6) is 0 Å². The minimum absolute atomic E-state index is 0.163. The molecule has 0 bridgehead atoms. The maximum Gasteiger partial charge on any atom is 0.137 e. The van der Waals surface area contributed by atoms with Crippen LogP contribution in [-0.2, 0) is 6.42 Å². The number of rotatable bonds is 6. The highest BCUT2D eigenvalue weighted by atomic mass is 35.5. The van der Waals surface area contributed by atoms with Crippen LogP contribution in [-0.4, -0.2) is 27.7 Å². The number of aliphatic hydroxyl groups excluding tert-OH is 1. The molecule has 0 aliphatic heterocycles. The second kappa shape index (κ2) is 6.66. The van der Waals surface area contributed by atoms with E-state index in [0.29, 0.717) is 11.6 Å². The van der Waals surface area contributed by atoms with Gasteiger partial charge in [0.25, 0.3) is 0 Å². The predicted octanol–water partition coefficient (Wildman–Crippen LogP) is 2.27. The summed E-state index contributed by atoms with van der Waals surface area (Å²) in [4.78, 5) is 8.17. The van der Waals surface area contributed by atoms with Crippen LogP contribution in [0.15, 0.2) is 6.33 Å². The molecule has 0 radical (unpaired) electrons. The summed E-state index contributed by atoms with van der Waals surface area (Å²) in [6, 6.07) is 0.173. The first kappa shape index (κ1) is 13.2. The molecule has 0 aliphatic carbocycles. The molecule has 5 heteroatoms. The van der Waals surface area contributed by atoms with Crippen molar-refractivity contribution in [3.63, 3.8) is 0 Å². The highest BCUT2D eigenvalue weighted by Gasteiger charge is 2.10. The Labute approximate surface area is 101 Å². The maximum atomic E-state index is 8.84. The van der Waals surface area contributed by atoms with Gasteiger partial charge in [-0.2, -0.15) is 0 Å². The summed E-state index contributed by atoms with van der Waals surface area (Å²) in [7, 11) is 0. The van der Waals surface area contributed by atoms with E-state index in [1.54, 1.807) is 0 Å². The average Bonchev–Trinajstić information content (AvgIpc) is 2.23. The lowest BCUT2D eigenvalue weighted by Gasteiger charge is -2.16. The molecular formula is C11H18ClN3O. The number of nitrogens with one attached hydrogen (secondary N) is 1. The fraction of sp³-hybridized carbons (Fsp3) is 0.636. The van der Waals surface area contributed by atoms with Crippen molar-refractivity contribution < 1.29 is 5.11 Å². The van der Waals surface area contributed by atoms with E-state index in [0.717, 1.165) is 24.2 Å². The van der Waals surface area contributed by atoms with Gasteiger partial charge in [-0.25, -0.2) is 9.97 Å². The van der Waals surface area contributed by atoms with E-state index in [1.807, 2.05) is 6.92 Å². The highest BCUT2D eigenvalue weighted by molar-refractivity contribution is 6.30. The summed E-state index contributed by atoms with van der Waals surface area (Å²) in [5.41, 5.74) is 0.955. The maximum absolute atomic E-state index is 8.84. The summed E-state index contributed by atoms with van der Waals surface area (Å²) in [6.45, 7) is 4.25. The van der Waals surface area contributed by atoms with Gasteiger partial charge in [-0.15, -0.1) is 0 Å². The van der Waals surface area contributed by atoms with Crippen molar-refractivity contribution in [2.24, 2.45) is 0 Å². The summed E-state index contributed by atoms with van der Waals surface area (Å²) < 4.78 is 0. The Balaban J connectivity index is 2.81. The fourth-order valence-electron chi connectivity index (χ4n) is 1.49. The molecular weight excluding hydrogens is 226 g/mol. The monoisotopic (exact) mass is 243 g/mol. The van der Waals surface area contributed by atoms with Crippen LogP contribution in [0.2, 0.25) is 5.15 Å². The molecule has 1 atom stereocenters. The summed E-state index contributed by atoms with van der Waals surface area (Å²) in [6.07, 6.45) is 3.99. The molecule has 0 aliphatic rings. The Morgan fingerprint density at radius 2 is 2.25 bits per heavy atom. The van der Waals surface area contributed by atoms with Gasteiger partial charge in [0.15, 0.2) is 0 Å². The zero-order chi connectivity index (χ0) is 12.0. The number of aromatic nitrogens is 2. The first-order valence-corrected chi connectivity index (χ1v) is 5.93. The third-order valence-electron chi connectivity index (χ3n) is 2.34. The fourth-order valence-corrected chi connectivity index (χ4v) is 1.71. The predicted molar refractivity (Wildman–Crippen MR) is 65.8 cm³/mol. The zero-order valence-electron chi connectivity index (χ0n) is 9.70. The molecule has 0 saturated carbocycles. The standard InChI is InChI=1S/C11H18ClN3O/c1-3-4-9-10(12)13-7-14-11(9)15-8(2)5-6-16/h7-8,16H,3-6H2,1-2H3,(H,13,14,15). The van der Waals surface area contributed by atoms with Crippen LogP contribution in [0, 0.1) is 0 Å². The smallest absolute Gasteiger partial charge is 0.137 e. The average molecular weight is 244 g/mol.